The lowest BCUT2D eigenvalue weighted by molar-refractivity contribution is 0.385. The van der Waals surface area contributed by atoms with Gasteiger partial charge in [-0.05, 0) is 11.8 Å². The van der Waals surface area contributed by atoms with Crippen LogP contribution in [0, 0.1) is 11.8 Å². The Kier molecular flexibility index (Phi) is 9.18. The van der Waals surface area contributed by atoms with Crippen molar-refractivity contribution in [2.24, 2.45) is 11.8 Å². The van der Waals surface area contributed by atoms with Crippen molar-refractivity contribution in [2.45, 2.75) is 78.1 Å². The molecule has 0 aromatic carbocycles. The third kappa shape index (κ3) is 7.84. The molecule has 2 aliphatic rings. The first-order chi connectivity index (χ1) is 6.79. The van der Waals surface area contributed by atoms with E-state index in [-0.39, 0.29) is 6.90 Å². The normalized spacial score (nSPS) is 23.6. The summed E-state index contributed by atoms with van der Waals surface area (Å²) in [6.07, 6.45) is 14.9. The Hall–Kier alpha value is -0.0400. The van der Waals surface area contributed by atoms with Crippen LogP contribution in [0.5, 0.6) is 0 Å². The molecule has 0 aliphatic heterocycles. The van der Waals surface area contributed by atoms with E-state index in [1.807, 2.05) is 0 Å². The van der Waals surface area contributed by atoms with Crippen LogP contribution in [0.25, 0.3) is 0 Å². The van der Waals surface area contributed by atoms with Gasteiger partial charge in [0.25, 0.3) is 0 Å². The predicted octanol–water partition coefficient (Wildman–Crippen LogP) is 4.59. The molecule has 2 aliphatic carbocycles. The first kappa shape index (κ1) is 15.0. The molecular weight excluding hydrogens is 184 g/mol. The van der Waals surface area contributed by atoms with E-state index in [4.69, 9.17) is 0 Å². The Morgan fingerprint density at radius 2 is 0.867 bits per heavy atom. The van der Waals surface area contributed by atoms with E-state index in [1.54, 1.807) is 0 Å². The van der Waals surface area contributed by atoms with Gasteiger partial charge in [-0.1, -0.05) is 78.1 Å². The summed E-state index contributed by atoms with van der Waals surface area (Å²) in [6, 6.07) is 0. The number of hydrogen-bond donors (Lipinski definition) is 0. The Labute approximate surface area is 97.4 Å². The minimum Gasteiger partial charge on any atom is -0.412 e. The van der Waals surface area contributed by atoms with Crippen molar-refractivity contribution in [3.8, 4) is 0 Å². The van der Waals surface area contributed by atoms with Crippen molar-refractivity contribution in [1.29, 1.82) is 0 Å². The minimum absolute atomic E-state index is 0. The molecule has 0 unspecified atom stereocenters. The lowest BCUT2D eigenvalue weighted by atomic mass is 9.91. The second kappa shape index (κ2) is 9.21. The summed E-state index contributed by atoms with van der Waals surface area (Å²) in [6.45, 7) is 4.72. The van der Waals surface area contributed by atoms with Crippen molar-refractivity contribution < 1.29 is 6.90 Å². The highest BCUT2D eigenvalue weighted by atomic mass is 16.0. The van der Waals surface area contributed by atoms with Crippen molar-refractivity contribution in [1.82, 2.24) is 0 Å². The monoisotopic (exact) mass is 216 g/mol. The van der Waals surface area contributed by atoms with Crippen LogP contribution in [0.1, 0.15) is 79.5 Å². The average molecular weight is 216 g/mol. The minimum atomic E-state index is 0. The Morgan fingerprint density at radius 3 is 1.00 bits per heavy atom. The van der Waals surface area contributed by atoms with Crippen LogP contribution in [0.4, 0.5) is 0 Å². The molecule has 0 spiro atoms. The van der Waals surface area contributed by atoms with Gasteiger partial charge in [0.2, 0.25) is 0 Å². The second-order valence-corrected chi connectivity index (χ2v) is 5.49. The summed E-state index contributed by atoms with van der Waals surface area (Å²) in [4.78, 5) is 0. The highest BCUT2D eigenvalue weighted by Crippen LogP contribution is 2.22. The lowest BCUT2D eigenvalue weighted by Gasteiger charge is -2.15. The van der Waals surface area contributed by atoms with Gasteiger partial charge in [0, 0.05) is 1.43 Å². The average Bonchev–Trinajstić information content (AvgIpc) is 2.21. The van der Waals surface area contributed by atoms with E-state index in [9.17, 15) is 0 Å². The molecule has 0 aromatic rings. The number of rotatable bonds is 0. The first-order valence-corrected chi connectivity index (χ1v) is 6.79. The van der Waals surface area contributed by atoms with Crippen LogP contribution < -0.4 is 0 Å². The fraction of sp³-hybridized carbons (Fsp3) is 1.00. The van der Waals surface area contributed by atoms with Gasteiger partial charge in [-0.2, -0.15) is 0 Å². The van der Waals surface area contributed by atoms with E-state index in [0.29, 0.717) is 0 Å². The summed E-state index contributed by atoms with van der Waals surface area (Å²) >= 11 is 0. The quantitative estimate of drug-likeness (QED) is 0.567. The van der Waals surface area contributed by atoms with Gasteiger partial charge in [0.05, 0.1) is 0 Å². The molecular formula is C14H32O. The Balaban J connectivity index is 0. The fourth-order valence-corrected chi connectivity index (χ4v) is 2.61. The summed E-state index contributed by atoms with van der Waals surface area (Å²) < 4.78 is 0. The molecule has 0 aromatic heterocycles. The second-order valence-electron chi connectivity index (χ2n) is 5.49. The SMILES string of the molecule is CC1CCCCC1.CC1CCCCC1.O.[HH]. The molecule has 0 saturated heterocycles. The van der Waals surface area contributed by atoms with E-state index < -0.39 is 0 Å². The van der Waals surface area contributed by atoms with Crippen LogP contribution >= 0.6 is 0 Å². The standard InChI is InChI=1S/2C7H14.H2O.H2/c2*1-7-5-3-2-4-6-7;;/h2*7H,2-6H2,1H3;1H2;1H. The predicted molar refractivity (Wildman–Crippen MR) is 70.2 cm³/mol. The van der Waals surface area contributed by atoms with E-state index in [0.717, 1.165) is 11.8 Å². The van der Waals surface area contributed by atoms with Gasteiger partial charge in [-0.3, -0.25) is 0 Å². The molecule has 0 bridgehead atoms. The Morgan fingerprint density at radius 1 is 0.600 bits per heavy atom. The van der Waals surface area contributed by atoms with E-state index >= 15 is 0 Å². The smallest absolute Gasteiger partial charge is 0 e. The largest absolute Gasteiger partial charge is 0.412 e. The highest BCUT2D eigenvalue weighted by Gasteiger charge is 2.06. The third-order valence-electron chi connectivity index (χ3n) is 3.79. The summed E-state index contributed by atoms with van der Waals surface area (Å²) in [7, 11) is 0. The molecule has 2 fully saturated rings. The van der Waals surface area contributed by atoms with Gasteiger partial charge in [0.1, 0.15) is 0 Å². The van der Waals surface area contributed by atoms with Crippen molar-refractivity contribution in [3.63, 3.8) is 0 Å². The van der Waals surface area contributed by atoms with Crippen molar-refractivity contribution >= 4 is 0 Å². The molecule has 94 valence electrons. The van der Waals surface area contributed by atoms with E-state index in [1.165, 1.54) is 64.2 Å². The topological polar surface area (TPSA) is 31.5 Å². The van der Waals surface area contributed by atoms with Crippen LogP contribution in [-0.4, -0.2) is 5.48 Å². The molecule has 1 heteroatoms. The van der Waals surface area contributed by atoms with Crippen molar-refractivity contribution in [2.75, 3.05) is 0 Å². The van der Waals surface area contributed by atoms with Crippen LogP contribution in [0.2, 0.25) is 0 Å². The van der Waals surface area contributed by atoms with Gasteiger partial charge in [-0.25, -0.2) is 0 Å². The zero-order valence-corrected chi connectivity index (χ0v) is 10.7. The molecule has 0 heterocycles. The van der Waals surface area contributed by atoms with Gasteiger partial charge in [0.15, 0.2) is 0 Å². The molecule has 15 heavy (non-hydrogen) atoms. The maximum absolute atomic E-state index is 2.36. The summed E-state index contributed by atoms with van der Waals surface area (Å²) in [5.74, 6) is 2.07. The maximum Gasteiger partial charge on any atom is 0 e. The zero-order valence-electron chi connectivity index (χ0n) is 10.7. The molecule has 2 saturated carbocycles. The molecule has 0 amide bonds. The van der Waals surface area contributed by atoms with Gasteiger partial charge >= 0.3 is 0 Å². The maximum atomic E-state index is 2.36. The van der Waals surface area contributed by atoms with Gasteiger partial charge < -0.3 is 5.48 Å². The fourth-order valence-electron chi connectivity index (χ4n) is 2.61. The summed E-state index contributed by atoms with van der Waals surface area (Å²) in [5, 5.41) is 0. The molecule has 0 radical (unpaired) electrons. The highest BCUT2D eigenvalue weighted by molar-refractivity contribution is 4.60. The van der Waals surface area contributed by atoms with Crippen LogP contribution in [0.15, 0.2) is 0 Å². The summed E-state index contributed by atoms with van der Waals surface area (Å²) in [5.41, 5.74) is 0. The zero-order chi connectivity index (χ0) is 10.2. The lowest BCUT2D eigenvalue weighted by Crippen LogP contribution is -1.99. The van der Waals surface area contributed by atoms with Crippen LogP contribution in [-0.2, 0) is 0 Å². The van der Waals surface area contributed by atoms with Crippen molar-refractivity contribution in [3.05, 3.63) is 0 Å². The Bertz CT molecular complexity index is 111. The molecule has 2 rings (SSSR count). The van der Waals surface area contributed by atoms with Crippen LogP contribution in [0.3, 0.4) is 0 Å². The molecule has 1 nitrogen and oxygen atoms in total. The van der Waals surface area contributed by atoms with Gasteiger partial charge in [-0.15, -0.1) is 0 Å². The number of hydrogen-bond acceptors (Lipinski definition) is 0. The molecule has 0 atom stereocenters. The third-order valence-corrected chi connectivity index (χ3v) is 3.79. The first-order valence-electron chi connectivity index (χ1n) is 6.79. The molecule has 2 N–H and O–H groups in total. The van der Waals surface area contributed by atoms with E-state index in [2.05, 4.69) is 13.8 Å².